The van der Waals surface area contributed by atoms with Crippen LogP contribution in [0.2, 0.25) is 0 Å². The maximum Gasteiger partial charge on any atom is 0.338 e. The molecule has 0 aromatic carbocycles. The van der Waals surface area contributed by atoms with Gasteiger partial charge in [0.05, 0.1) is 7.11 Å². The molecule has 3 unspecified atom stereocenters. The van der Waals surface area contributed by atoms with E-state index in [9.17, 15) is 9.90 Å². The molecule has 3 atom stereocenters. The molecule has 0 aromatic rings. The minimum atomic E-state index is -1.35. The average Bonchev–Trinajstić information content (AvgIpc) is 2.25. The van der Waals surface area contributed by atoms with E-state index in [1.165, 1.54) is 39.7 Å². The molecule has 0 amide bonds. The first-order valence-electron chi connectivity index (χ1n) is 5.88. The Labute approximate surface area is 102 Å². The third-order valence-electron chi connectivity index (χ3n) is 3.11. The number of aliphatic hydroxyl groups is 1. The molecule has 0 heterocycles. The van der Waals surface area contributed by atoms with Gasteiger partial charge < -0.3 is 9.84 Å². The summed E-state index contributed by atoms with van der Waals surface area (Å²) in [5.41, 5.74) is -1.35. The van der Waals surface area contributed by atoms with Gasteiger partial charge in [0.15, 0.2) is 5.60 Å². The van der Waals surface area contributed by atoms with Crippen LogP contribution in [0.5, 0.6) is 0 Å². The van der Waals surface area contributed by atoms with Crippen LogP contribution in [-0.4, -0.2) is 34.8 Å². The molecule has 0 aromatic heterocycles. The second kappa shape index (κ2) is 5.92. The Morgan fingerprint density at radius 3 is 2.81 bits per heavy atom. The third-order valence-corrected chi connectivity index (χ3v) is 4.74. The summed E-state index contributed by atoms with van der Waals surface area (Å²) < 4.78 is 4.57. The summed E-state index contributed by atoms with van der Waals surface area (Å²) in [6.45, 7) is 3.79. The lowest BCUT2D eigenvalue weighted by atomic mass is 9.91. The SMILES string of the molecule is COC(=O)C(C)(O)CSC1CCCC(C)C1. The highest BCUT2D eigenvalue weighted by Crippen LogP contribution is 2.33. The van der Waals surface area contributed by atoms with Gasteiger partial charge in [0.1, 0.15) is 0 Å². The van der Waals surface area contributed by atoms with Crippen LogP contribution in [0, 0.1) is 5.92 Å². The molecular weight excluding hydrogens is 224 g/mol. The maximum absolute atomic E-state index is 11.3. The van der Waals surface area contributed by atoms with Gasteiger partial charge in [-0.15, -0.1) is 0 Å². The van der Waals surface area contributed by atoms with E-state index in [-0.39, 0.29) is 0 Å². The van der Waals surface area contributed by atoms with Gasteiger partial charge in [-0.3, -0.25) is 0 Å². The van der Waals surface area contributed by atoms with Crippen molar-refractivity contribution in [3.63, 3.8) is 0 Å². The number of ether oxygens (including phenoxy) is 1. The van der Waals surface area contributed by atoms with E-state index in [1.807, 2.05) is 0 Å². The fourth-order valence-electron chi connectivity index (χ4n) is 2.09. The first-order chi connectivity index (χ1) is 7.45. The summed E-state index contributed by atoms with van der Waals surface area (Å²) in [5, 5.41) is 10.5. The minimum absolute atomic E-state index is 0.428. The molecule has 1 saturated carbocycles. The molecule has 0 saturated heterocycles. The summed E-state index contributed by atoms with van der Waals surface area (Å²) in [6.07, 6.45) is 4.97. The fourth-order valence-corrected chi connectivity index (χ4v) is 3.56. The highest BCUT2D eigenvalue weighted by molar-refractivity contribution is 8.00. The van der Waals surface area contributed by atoms with E-state index in [2.05, 4.69) is 11.7 Å². The Balaban J connectivity index is 2.35. The van der Waals surface area contributed by atoms with Crippen molar-refractivity contribution in [2.24, 2.45) is 5.92 Å². The number of thioether (sulfide) groups is 1. The van der Waals surface area contributed by atoms with Crippen molar-refractivity contribution >= 4 is 17.7 Å². The van der Waals surface area contributed by atoms with Crippen LogP contribution in [0.4, 0.5) is 0 Å². The summed E-state index contributed by atoms with van der Waals surface area (Å²) in [7, 11) is 1.31. The van der Waals surface area contributed by atoms with Gasteiger partial charge >= 0.3 is 5.97 Å². The topological polar surface area (TPSA) is 46.5 Å². The number of hydrogen-bond donors (Lipinski definition) is 1. The average molecular weight is 246 g/mol. The van der Waals surface area contributed by atoms with E-state index in [0.717, 1.165) is 5.92 Å². The van der Waals surface area contributed by atoms with E-state index in [4.69, 9.17) is 0 Å². The van der Waals surface area contributed by atoms with Crippen LogP contribution in [0.1, 0.15) is 39.5 Å². The Hall–Kier alpha value is -0.220. The van der Waals surface area contributed by atoms with Gasteiger partial charge in [0.2, 0.25) is 0 Å². The van der Waals surface area contributed by atoms with Crippen molar-refractivity contribution < 1.29 is 14.6 Å². The molecule has 1 fully saturated rings. The molecule has 0 spiro atoms. The monoisotopic (exact) mass is 246 g/mol. The largest absolute Gasteiger partial charge is 0.467 e. The number of esters is 1. The number of carbonyl (C=O) groups is 1. The van der Waals surface area contributed by atoms with Gasteiger partial charge in [0, 0.05) is 11.0 Å². The van der Waals surface area contributed by atoms with Crippen LogP contribution in [0.3, 0.4) is 0 Å². The lowest BCUT2D eigenvalue weighted by Gasteiger charge is -2.28. The number of rotatable bonds is 4. The Morgan fingerprint density at radius 2 is 2.25 bits per heavy atom. The van der Waals surface area contributed by atoms with Crippen LogP contribution >= 0.6 is 11.8 Å². The van der Waals surface area contributed by atoms with Crippen molar-refractivity contribution in [2.75, 3.05) is 12.9 Å². The maximum atomic E-state index is 11.3. The first kappa shape index (κ1) is 13.8. The second-order valence-corrected chi connectivity index (χ2v) is 6.26. The van der Waals surface area contributed by atoms with Crippen LogP contribution in [0.15, 0.2) is 0 Å². The molecule has 3 nitrogen and oxygen atoms in total. The summed E-state index contributed by atoms with van der Waals surface area (Å²) in [4.78, 5) is 11.3. The molecule has 4 heteroatoms. The summed E-state index contributed by atoms with van der Waals surface area (Å²) in [5.74, 6) is 0.662. The Kier molecular flexibility index (Phi) is 5.12. The molecule has 1 N–H and O–H groups in total. The smallest absolute Gasteiger partial charge is 0.338 e. The predicted octanol–water partition coefficient (Wildman–Crippen LogP) is 2.22. The van der Waals surface area contributed by atoms with Crippen molar-refractivity contribution in [3.05, 3.63) is 0 Å². The predicted molar refractivity (Wildman–Crippen MR) is 66.5 cm³/mol. The van der Waals surface area contributed by atoms with E-state index >= 15 is 0 Å². The molecule has 0 aliphatic heterocycles. The van der Waals surface area contributed by atoms with Crippen molar-refractivity contribution in [1.29, 1.82) is 0 Å². The van der Waals surface area contributed by atoms with E-state index < -0.39 is 11.6 Å². The lowest BCUT2D eigenvalue weighted by Crippen LogP contribution is -2.39. The number of hydrogen-bond acceptors (Lipinski definition) is 4. The summed E-state index contributed by atoms with van der Waals surface area (Å²) >= 11 is 1.70. The fraction of sp³-hybridized carbons (Fsp3) is 0.917. The van der Waals surface area contributed by atoms with Crippen molar-refractivity contribution in [3.8, 4) is 0 Å². The second-order valence-electron chi connectivity index (χ2n) is 4.97. The highest BCUT2D eigenvalue weighted by atomic mass is 32.2. The zero-order valence-corrected chi connectivity index (χ0v) is 11.2. The van der Waals surface area contributed by atoms with Gasteiger partial charge in [-0.25, -0.2) is 4.79 Å². The Bertz CT molecular complexity index is 240. The number of methoxy groups -OCH3 is 1. The minimum Gasteiger partial charge on any atom is -0.467 e. The molecule has 0 bridgehead atoms. The van der Waals surface area contributed by atoms with Gasteiger partial charge in [-0.2, -0.15) is 11.8 Å². The van der Waals surface area contributed by atoms with Gasteiger partial charge in [-0.1, -0.05) is 19.8 Å². The van der Waals surface area contributed by atoms with Gasteiger partial charge in [0.25, 0.3) is 0 Å². The molecular formula is C12H22O3S. The van der Waals surface area contributed by atoms with Crippen LogP contribution in [0.25, 0.3) is 0 Å². The van der Waals surface area contributed by atoms with E-state index in [0.29, 0.717) is 11.0 Å². The van der Waals surface area contributed by atoms with Crippen molar-refractivity contribution in [2.45, 2.75) is 50.4 Å². The van der Waals surface area contributed by atoms with Crippen LogP contribution in [-0.2, 0) is 9.53 Å². The molecule has 0 radical (unpaired) electrons. The van der Waals surface area contributed by atoms with Crippen molar-refractivity contribution in [1.82, 2.24) is 0 Å². The summed E-state index contributed by atoms with van der Waals surface area (Å²) in [6, 6.07) is 0. The lowest BCUT2D eigenvalue weighted by molar-refractivity contribution is -0.158. The van der Waals surface area contributed by atoms with E-state index in [1.54, 1.807) is 11.8 Å². The molecule has 16 heavy (non-hydrogen) atoms. The third kappa shape index (κ3) is 3.98. The highest BCUT2D eigenvalue weighted by Gasteiger charge is 2.33. The first-order valence-corrected chi connectivity index (χ1v) is 6.93. The zero-order valence-electron chi connectivity index (χ0n) is 10.4. The normalized spacial score (nSPS) is 29.5. The molecule has 1 aliphatic rings. The molecule has 94 valence electrons. The molecule has 1 rings (SSSR count). The Morgan fingerprint density at radius 1 is 1.56 bits per heavy atom. The van der Waals surface area contributed by atoms with Gasteiger partial charge in [-0.05, 0) is 25.7 Å². The van der Waals surface area contributed by atoms with Crippen LogP contribution < -0.4 is 0 Å². The zero-order chi connectivity index (χ0) is 12.2. The quantitative estimate of drug-likeness (QED) is 0.773. The standard InChI is InChI=1S/C12H22O3S/c1-9-5-4-6-10(7-9)16-8-12(2,14)11(13)15-3/h9-10,14H,4-8H2,1-3H3. The molecule has 1 aliphatic carbocycles. The number of carbonyl (C=O) groups excluding carboxylic acids is 1.